The predicted octanol–water partition coefficient (Wildman–Crippen LogP) is 1.66. The molecule has 3 N–H and O–H groups in total. The second kappa shape index (κ2) is 6.62. The molecule has 0 radical (unpaired) electrons. The first kappa shape index (κ1) is 14.0. The molecule has 1 amide bonds. The number of nitrogens with two attached hydrogens (primary N) is 1. The molecule has 0 heterocycles. The van der Waals surface area contributed by atoms with Crippen molar-refractivity contribution in [3.05, 3.63) is 29.3 Å². The van der Waals surface area contributed by atoms with Gasteiger partial charge in [0.1, 0.15) is 0 Å². The average molecular weight is 246 g/mol. The Morgan fingerprint density at radius 1 is 1.56 bits per heavy atom. The molecule has 18 heavy (non-hydrogen) atoms. The van der Waals surface area contributed by atoms with Crippen LogP contribution in [0.25, 0.3) is 0 Å². The molecule has 0 fully saturated rings. The Balaban J connectivity index is 2.89. The summed E-state index contributed by atoms with van der Waals surface area (Å²) in [5.41, 5.74) is 4.90. The summed E-state index contributed by atoms with van der Waals surface area (Å²) in [4.78, 5) is 13.9. The third-order valence-electron chi connectivity index (χ3n) is 2.79. The van der Waals surface area contributed by atoms with E-state index in [2.05, 4.69) is 5.43 Å². The molecule has 0 aliphatic rings. The lowest BCUT2D eigenvalue weighted by Gasteiger charge is -2.20. The Morgan fingerprint density at radius 2 is 2.28 bits per heavy atom. The smallest absolute Gasteiger partial charge is 0.253 e. The highest BCUT2D eigenvalue weighted by molar-refractivity contribution is 5.94. The zero-order valence-electron chi connectivity index (χ0n) is 10.7. The van der Waals surface area contributed by atoms with E-state index in [1.165, 1.54) is 0 Å². The first-order valence-corrected chi connectivity index (χ1v) is 5.87. The number of carbonyl (C=O) groups is 1. The minimum atomic E-state index is -0.0561. The van der Waals surface area contributed by atoms with Crippen LogP contribution in [0.15, 0.2) is 18.2 Å². The summed E-state index contributed by atoms with van der Waals surface area (Å²) in [5, 5.41) is 8.57. The molecule has 0 unspecified atom stereocenters. The molecule has 5 nitrogen and oxygen atoms in total. The first-order chi connectivity index (χ1) is 8.63. The topological polar surface area (TPSA) is 82.2 Å². The molecule has 0 saturated carbocycles. The van der Waals surface area contributed by atoms with Gasteiger partial charge in [0.25, 0.3) is 5.91 Å². The van der Waals surface area contributed by atoms with Crippen molar-refractivity contribution in [3.63, 3.8) is 0 Å². The number of nitrogen functional groups attached to an aromatic ring is 1. The number of anilines is 1. The van der Waals surface area contributed by atoms with Crippen LogP contribution in [-0.2, 0) is 0 Å². The van der Waals surface area contributed by atoms with E-state index in [-0.39, 0.29) is 5.91 Å². The SMILES string of the molecule is CCN(CCC#N)C(=O)c1ccc(NN)c(C)c1. The molecule has 96 valence electrons. The van der Waals surface area contributed by atoms with E-state index >= 15 is 0 Å². The van der Waals surface area contributed by atoms with Gasteiger partial charge in [-0.3, -0.25) is 10.6 Å². The molecule has 0 spiro atoms. The van der Waals surface area contributed by atoms with Gasteiger partial charge in [-0.15, -0.1) is 0 Å². The maximum atomic E-state index is 12.2. The summed E-state index contributed by atoms with van der Waals surface area (Å²) in [6, 6.07) is 7.36. The van der Waals surface area contributed by atoms with Crippen LogP contribution in [0.5, 0.6) is 0 Å². The Kier molecular flexibility index (Phi) is 5.15. The van der Waals surface area contributed by atoms with Crippen LogP contribution in [0.3, 0.4) is 0 Å². The Labute approximate surface area is 107 Å². The van der Waals surface area contributed by atoms with Gasteiger partial charge in [0, 0.05) is 18.7 Å². The number of nitrogens with zero attached hydrogens (tertiary/aromatic N) is 2. The largest absolute Gasteiger partial charge is 0.338 e. The van der Waals surface area contributed by atoms with E-state index in [0.717, 1.165) is 11.3 Å². The maximum absolute atomic E-state index is 12.2. The lowest BCUT2D eigenvalue weighted by atomic mass is 10.1. The quantitative estimate of drug-likeness (QED) is 0.611. The molecule has 5 heteroatoms. The molecule has 1 rings (SSSR count). The van der Waals surface area contributed by atoms with Gasteiger partial charge < -0.3 is 10.3 Å². The standard InChI is InChI=1S/C13H18N4O/c1-3-17(8-4-7-14)13(18)11-5-6-12(16-15)10(2)9-11/h5-6,9,16H,3-4,8,15H2,1-2H3. The highest BCUT2D eigenvalue weighted by Crippen LogP contribution is 2.16. The van der Waals surface area contributed by atoms with Crippen LogP contribution in [0.4, 0.5) is 5.69 Å². The van der Waals surface area contributed by atoms with E-state index in [9.17, 15) is 4.79 Å². The van der Waals surface area contributed by atoms with Crippen LogP contribution < -0.4 is 11.3 Å². The van der Waals surface area contributed by atoms with E-state index in [1.54, 1.807) is 23.1 Å². The van der Waals surface area contributed by atoms with Crippen molar-refractivity contribution >= 4 is 11.6 Å². The van der Waals surface area contributed by atoms with Crippen LogP contribution >= 0.6 is 0 Å². The summed E-state index contributed by atoms with van der Waals surface area (Å²) >= 11 is 0. The first-order valence-electron chi connectivity index (χ1n) is 5.87. The fourth-order valence-corrected chi connectivity index (χ4v) is 1.73. The number of hydrazine groups is 1. The average Bonchev–Trinajstić information content (AvgIpc) is 2.39. The summed E-state index contributed by atoms with van der Waals surface area (Å²) in [6.45, 7) is 4.84. The lowest BCUT2D eigenvalue weighted by molar-refractivity contribution is 0.0768. The molecule has 1 aromatic carbocycles. The van der Waals surface area contributed by atoms with Gasteiger partial charge >= 0.3 is 0 Å². The molecular formula is C13H18N4O. The highest BCUT2D eigenvalue weighted by Gasteiger charge is 2.14. The Morgan fingerprint density at radius 3 is 2.78 bits per heavy atom. The fourth-order valence-electron chi connectivity index (χ4n) is 1.73. The lowest BCUT2D eigenvalue weighted by Crippen LogP contribution is -2.31. The van der Waals surface area contributed by atoms with E-state index in [0.29, 0.717) is 25.1 Å². The van der Waals surface area contributed by atoms with Crippen molar-refractivity contribution < 1.29 is 4.79 Å². The van der Waals surface area contributed by atoms with E-state index in [4.69, 9.17) is 11.1 Å². The van der Waals surface area contributed by atoms with Gasteiger partial charge in [-0.2, -0.15) is 5.26 Å². The molecule has 0 atom stereocenters. The van der Waals surface area contributed by atoms with Crippen LogP contribution in [0, 0.1) is 18.3 Å². The fraction of sp³-hybridized carbons (Fsp3) is 0.385. The van der Waals surface area contributed by atoms with Crippen molar-refractivity contribution in [1.29, 1.82) is 5.26 Å². The number of aryl methyl sites for hydroxylation is 1. The predicted molar refractivity (Wildman–Crippen MR) is 70.8 cm³/mol. The minimum Gasteiger partial charge on any atom is -0.338 e. The van der Waals surface area contributed by atoms with Gasteiger partial charge in [-0.25, -0.2) is 0 Å². The monoisotopic (exact) mass is 246 g/mol. The highest BCUT2D eigenvalue weighted by atomic mass is 16.2. The van der Waals surface area contributed by atoms with E-state index in [1.807, 2.05) is 19.9 Å². The van der Waals surface area contributed by atoms with Gasteiger partial charge in [-0.1, -0.05) is 0 Å². The van der Waals surface area contributed by atoms with Gasteiger partial charge in [-0.05, 0) is 37.6 Å². The van der Waals surface area contributed by atoms with Crippen molar-refractivity contribution in [1.82, 2.24) is 4.90 Å². The van der Waals surface area contributed by atoms with Crippen molar-refractivity contribution in [3.8, 4) is 6.07 Å². The molecular weight excluding hydrogens is 228 g/mol. The number of hydrogen-bond donors (Lipinski definition) is 2. The van der Waals surface area contributed by atoms with Crippen LogP contribution in [0.1, 0.15) is 29.3 Å². The molecule has 0 aromatic heterocycles. The summed E-state index contributed by atoms with van der Waals surface area (Å²) < 4.78 is 0. The summed E-state index contributed by atoms with van der Waals surface area (Å²) in [7, 11) is 0. The summed E-state index contributed by atoms with van der Waals surface area (Å²) in [5.74, 6) is 5.29. The third kappa shape index (κ3) is 3.22. The summed E-state index contributed by atoms with van der Waals surface area (Å²) in [6.07, 6.45) is 0.348. The van der Waals surface area contributed by atoms with E-state index < -0.39 is 0 Å². The van der Waals surface area contributed by atoms with Crippen molar-refractivity contribution in [2.24, 2.45) is 5.84 Å². The second-order valence-corrected chi connectivity index (χ2v) is 3.97. The Bertz CT molecular complexity index is 465. The van der Waals surface area contributed by atoms with Crippen molar-refractivity contribution in [2.45, 2.75) is 20.3 Å². The molecule has 1 aromatic rings. The molecule has 0 saturated heterocycles. The maximum Gasteiger partial charge on any atom is 0.253 e. The van der Waals surface area contributed by atoms with Gasteiger partial charge in [0.15, 0.2) is 0 Å². The number of hydrogen-bond acceptors (Lipinski definition) is 4. The minimum absolute atomic E-state index is 0.0561. The number of rotatable bonds is 5. The van der Waals surface area contributed by atoms with Gasteiger partial charge in [0.2, 0.25) is 0 Å². The second-order valence-electron chi connectivity index (χ2n) is 3.97. The van der Waals surface area contributed by atoms with Crippen LogP contribution in [-0.4, -0.2) is 23.9 Å². The number of nitrogens with one attached hydrogen (secondary N) is 1. The van der Waals surface area contributed by atoms with Crippen LogP contribution in [0.2, 0.25) is 0 Å². The number of amides is 1. The normalized spacial score (nSPS) is 9.67. The zero-order valence-corrected chi connectivity index (χ0v) is 10.7. The molecule has 0 aliphatic carbocycles. The van der Waals surface area contributed by atoms with Gasteiger partial charge in [0.05, 0.1) is 18.2 Å². The molecule has 0 bridgehead atoms. The van der Waals surface area contributed by atoms with Crippen molar-refractivity contribution in [2.75, 3.05) is 18.5 Å². The third-order valence-corrected chi connectivity index (χ3v) is 2.79. The number of nitriles is 1. The Hall–Kier alpha value is -2.06. The number of benzene rings is 1. The zero-order chi connectivity index (χ0) is 13.5. The molecule has 0 aliphatic heterocycles. The number of carbonyl (C=O) groups excluding carboxylic acids is 1.